The van der Waals surface area contributed by atoms with Crippen molar-refractivity contribution in [1.29, 1.82) is 0 Å². The van der Waals surface area contributed by atoms with Crippen LogP contribution in [-0.4, -0.2) is 20.4 Å². The van der Waals surface area contributed by atoms with Crippen LogP contribution in [0.2, 0.25) is 0 Å². The number of furan rings is 1. The van der Waals surface area contributed by atoms with Crippen molar-refractivity contribution in [3.8, 4) is 11.6 Å². The SMILES string of the molecule is CC(C)(C)Cn1cc(C=Nn2c(-c3cc4cc(Br)ccc4o3)nc3ccccc3c2=O)c2ccccc21. The number of aromatic nitrogens is 3. The molecule has 6 nitrogen and oxygen atoms in total. The molecule has 0 aliphatic carbocycles. The number of benzene rings is 3. The second-order valence-electron chi connectivity index (χ2n) is 10.4. The van der Waals surface area contributed by atoms with Gasteiger partial charge in [-0.3, -0.25) is 4.79 Å². The van der Waals surface area contributed by atoms with Crippen molar-refractivity contribution >= 4 is 54.9 Å². The third-order valence-electron chi connectivity index (χ3n) is 6.23. The van der Waals surface area contributed by atoms with Gasteiger partial charge in [0.1, 0.15) is 5.58 Å². The normalized spacial score (nSPS) is 12.4. The molecule has 0 aliphatic heterocycles. The van der Waals surface area contributed by atoms with Crippen LogP contribution < -0.4 is 5.56 Å². The molecule has 0 aliphatic rings. The van der Waals surface area contributed by atoms with Gasteiger partial charge in [-0.25, -0.2) is 4.98 Å². The molecule has 3 aromatic carbocycles. The topological polar surface area (TPSA) is 65.3 Å². The zero-order valence-electron chi connectivity index (χ0n) is 20.8. The van der Waals surface area contributed by atoms with Crippen molar-refractivity contribution in [2.45, 2.75) is 27.3 Å². The fraction of sp³-hybridized carbons (Fsp3) is 0.167. The predicted molar refractivity (Wildman–Crippen MR) is 153 cm³/mol. The summed E-state index contributed by atoms with van der Waals surface area (Å²) in [6.45, 7) is 7.51. The lowest BCUT2D eigenvalue weighted by Crippen LogP contribution is -2.20. The maximum Gasteiger partial charge on any atom is 0.282 e. The van der Waals surface area contributed by atoms with E-state index in [4.69, 9.17) is 9.40 Å². The van der Waals surface area contributed by atoms with E-state index in [0.29, 0.717) is 28.1 Å². The monoisotopic (exact) mass is 552 g/mol. The van der Waals surface area contributed by atoms with Crippen LogP contribution in [0.3, 0.4) is 0 Å². The summed E-state index contributed by atoms with van der Waals surface area (Å²) in [4.78, 5) is 18.4. The van der Waals surface area contributed by atoms with E-state index in [1.54, 1.807) is 12.3 Å². The predicted octanol–water partition coefficient (Wildman–Crippen LogP) is 7.46. The van der Waals surface area contributed by atoms with Crippen LogP contribution in [0.15, 0.2) is 97.8 Å². The molecule has 184 valence electrons. The Hall–Kier alpha value is -3.97. The molecule has 0 atom stereocenters. The molecular weight excluding hydrogens is 528 g/mol. The first kappa shape index (κ1) is 23.4. The van der Waals surface area contributed by atoms with Crippen LogP contribution in [0.1, 0.15) is 26.3 Å². The first-order valence-electron chi connectivity index (χ1n) is 12.1. The summed E-state index contributed by atoms with van der Waals surface area (Å²) in [7, 11) is 0. The standard InChI is InChI=1S/C30H25BrN4O2/c1-30(2,3)18-34-17-20(22-8-5-7-11-25(22)34)16-32-35-28(33-24-10-6-4-9-23(24)29(35)36)27-15-19-14-21(31)12-13-26(19)37-27/h4-17H,18H2,1-3H3. The van der Waals surface area contributed by atoms with Crippen LogP contribution in [0.5, 0.6) is 0 Å². The Labute approximate surface area is 222 Å². The minimum atomic E-state index is -0.253. The second-order valence-corrected chi connectivity index (χ2v) is 11.3. The van der Waals surface area contributed by atoms with Crippen molar-refractivity contribution in [2.75, 3.05) is 0 Å². The third-order valence-corrected chi connectivity index (χ3v) is 6.72. The fourth-order valence-electron chi connectivity index (χ4n) is 4.65. The summed E-state index contributed by atoms with van der Waals surface area (Å²) in [5.41, 5.74) is 3.22. The summed E-state index contributed by atoms with van der Waals surface area (Å²) in [6, 6.07) is 23.2. The summed E-state index contributed by atoms with van der Waals surface area (Å²) in [6.07, 6.45) is 3.83. The zero-order valence-corrected chi connectivity index (χ0v) is 22.4. The molecule has 0 radical (unpaired) electrons. The van der Waals surface area contributed by atoms with Gasteiger partial charge in [-0.2, -0.15) is 9.78 Å². The largest absolute Gasteiger partial charge is 0.453 e. The highest BCUT2D eigenvalue weighted by Gasteiger charge is 2.18. The first-order valence-corrected chi connectivity index (χ1v) is 12.9. The molecule has 37 heavy (non-hydrogen) atoms. The number of fused-ring (bicyclic) bond motifs is 3. The molecule has 0 amide bonds. The second kappa shape index (κ2) is 8.85. The van der Waals surface area contributed by atoms with Crippen LogP contribution >= 0.6 is 15.9 Å². The van der Waals surface area contributed by atoms with Gasteiger partial charge < -0.3 is 8.98 Å². The Morgan fingerprint density at radius 3 is 2.57 bits per heavy atom. The van der Waals surface area contributed by atoms with Gasteiger partial charge in [-0.15, -0.1) is 0 Å². The van der Waals surface area contributed by atoms with Crippen LogP contribution in [0.4, 0.5) is 0 Å². The van der Waals surface area contributed by atoms with E-state index >= 15 is 0 Å². The molecule has 0 saturated heterocycles. The van der Waals surface area contributed by atoms with Crippen LogP contribution in [0.25, 0.3) is 44.4 Å². The maximum absolute atomic E-state index is 13.6. The maximum atomic E-state index is 13.6. The minimum absolute atomic E-state index is 0.110. The Kier molecular flexibility index (Phi) is 5.60. The molecule has 7 heteroatoms. The van der Waals surface area contributed by atoms with E-state index in [9.17, 15) is 4.79 Å². The molecule has 0 unspecified atom stereocenters. The zero-order chi connectivity index (χ0) is 25.7. The van der Waals surface area contributed by atoms with Crippen molar-refractivity contribution in [3.05, 3.63) is 99.4 Å². The molecule has 0 N–H and O–H groups in total. The van der Waals surface area contributed by atoms with Gasteiger partial charge in [0.2, 0.25) is 5.82 Å². The average Bonchev–Trinajstić information content (AvgIpc) is 3.43. The number of nitrogens with zero attached hydrogens (tertiary/aromatic N) is 4. The van der Waals surface area contributed by atoms with E-state index in [1.807, 2.05) is 54.6 Å². The van der Waals surface area contributed by atoms with Crippen LogP contribution in [-0.2, 0) is 6.54 Å². The lowest BCUT2D eigenvalue weighted by Gasteiger charge is -2.19. The average molecular weight is 553 g/mol. The third kappa shape index (κ3) is 4.40. The van der Waals surface area contributed by atoms with Gasteiger partial charge in [-0.1, -0.05) is 67.0 Å². The van der Waals surface area contributed by atoms with Crippen molar-refractivity contribution < 1.29 is 4.42 Å². The van der Waals surface area contributed by atoms with Gasteiger partial charge >= 0.3 is 0 Å². The highest BCUT2D eigenvalue weighted by atomic mass is 79.9. The van der Waals surface area contributed by atoms with Gasteiger partial charge in [0.05, 0.1) is 17.1 Å². The molecule has 6 rings (SSSR count). The number of hydrogen-bond donors (Lipinski definition) is 0. The quantitative estimate of drug-likeness (QED) is 0.213. The molecule has 6 aromatic rings. The highest BCUT2D eigenvalue weighted by Crippen LogP contribution is 2.30. The van der Waals surface area contributed by atoms with Crippen molar-refractivity contribution in [2.24, 2.45) is 10.5 Å². The number of rotatable bonds is 4. The summed E-state index contributed by atoms with van der Waals surface area (Å²) >= 11 is 3.51. The van der Waals surface area contributed by atoms with E-state index in [2.05, 4.69) is 64.7 Å². The smallest absolute Gasteiger partial charge is 0.282 e. The summed E-state index contributed by atoms with van der Waals surface area (Å²) in [5.74, 6) is 0.828. The van der Waals surface area contributed by atoms with Crippen LogP contribution in [0, 0.1) is 5.41 Å². The van der Waals surface area contributed by atoms with Gasteiger partial charge in [-0.05, 0) is 47.9 Å². The Balaban J connectivity index is 1.54. The van der Waals surface area contributed by atoms with E-state index in [1.165, 1.54) is 4.68 Å². The summed E-state index contributed by atoms with van der Waals surface area (Å²) in [5, 5.41) is 7.17. The molecular formula is C30H25BrN4O2. The lowest BCUT2D eigenvalue weighted by molar-refractivity contribution is 0.349. The number of para-hydroxylation sites is 2. The molecule has 0 spiro atoms. The Morgan fingerprint density at radius 2 is 1.76 bits per heavy atom. The van der Waals surface area contributed by atoms with Crippen molar-refractivity contribution in [3.63, 3.8) is 0 Å². The van der Waals surface area contributed by atoms with Gasteiger partial charge in [0.15, 0.2) is 5.76 Å². The van der Waals surface area contributed by atoms with E-state index in [0.717, 1.165) is 32.9 Å². The molecule has 3 aromatic heterocycles. The first-order chi connectivity index (χ1) is 17.8. The summed E-state index contributed by atoms with van der Waals surface area (Å²) < 4.78 is 10.6. The highest BCUT2D eigenvalue weighted by molar-refractivity contribution is 9.10. The van der Waals surface area contributed by atoms with E-state index in [-0.39, 0.29) is 11.0 Å². The van der Waals surface area contributed by atoms with Gasteiger partial charge in [0.25, 0.3) is 5.56 Å². The fourth-order valence-corrected chi connectivity index (χ4v) is 5.03. The molecule has 0 saturated carbocycles. The molecule has 0 bridgehead atoms. The minimum Gasteiger partial charge on any atom is -0.453 e. The lowest BCUT2D eigenvalue weighted by atomic mass is 9.97. The van der Waals surface area contributed by atoms with Crippen molar-refractivity contribution in [1.82, 2.24) is 14.2 Å². The number of hydrogen-bond acceptors (Lipinski definition) is 4. The molecule has 0 fully saturated rings. The van der Waals surface area contributed by atoms with Gasteiger partial charge in [0, 0.05) is 39.1 Å². The number of halogens is 1. The Morgan fingerprint density at radius 1 is 1.00 bits per heavy atom. The van der Waals surface area contributed by atoms with E-state index < -0.39 is 0 Å². The molecule has 3 heterocycles. The Bertz CT molecular complexity index is 1890.